The fraction of sp³-hybridized carbons (Fsp3) is 0.579. The van der Waals surface area contributed by atoms with Crippen LogP contribution in [0.3, 0.4) is 0 Å². The Bertz CT molecular complexity index is 604. The van der Waals surface area contributed by atoms with Gasteiger partial charge in [0.2, 0.25) is 11.8 Å². The van der Waals surface area contributed by atoms with Crippen LogP contribution < -0.4 is 5.32 Å². The Hall–Kier alpha value is -1.16. The Labute approximate surface area is 148 Å². The zero-order valence-corrected chi connectivity index (χ0v) is 16.9. The summed E-state index contributed by atoms with van der Waals surface area (Å²) in [5.74, 6) is -0.298. The van der Waals surface area contributed by atoms with Gasteiger partial charge >= 0.3 is 0 Å². The molecule has 0 unspecified atom stereocenters. The van der Waals surface area contributed by atoms with E-state index in [4.69, 9.17) is 0 Å². The van der Waals surface area contributed by atoms with E-state index >= 15 is 0 Å². The van der Waals surface area contributed by atoms with E-state index in [9.17, 15) is 9.59 Å². The van der Waals surface area contributed by atoms with Crippen LogP contribution in [0.4, 0.5) is 0 Å². The third-order valence-electron chi connectivity index (χ3n) is 5.13. The van der Waals surface area contributed by atoms with Crippen molar-refractivity contribution in [3.8, 4) is 0 Å². The molecule has 0 saturated carbocycles. The van der Waals surface area contributed by atoms with Gasteiger partial charge in [0.15, 0.2) is 0 Å². The molecule has 0 aromatic heterocycles. The van der Waals surface area contributed by atoms with E-state index in [1.807, 2.05) is 13.8 Å². The van der Waals surface area contributed by atoms with Gasteiger partial charge in [-0.05, 0) is 74.4 Å². The molecule has 2 rings (SSSR count). The van der Waals surface area contributed by atoms with Crippen molar-refractivity contribution in [2.45, 2.75) is 66.6 Å². The predicted molar refractivity (Wildman–Crippen MR) is 98.9 cm³/mol. The number of rotatable bonds is 1. The molecular weight excluding hydrogens is 354 g/mol. The zero-order chi connectivity index (χ0) is 17.9. The molecule has 1 aliphatic heterocycles. The van der Waals surface area contributed by atoms with E-state index in [0.717, 1.165) is 5.33 Å². The summed E-state index contributed by atoms with van der Waals surface area (Å²) in [6.45, 7) is 14.7. The minimum atomic E-state index is -0.353. The van der Waals surface area contributed by atoms with Gasteiger partial charge in [0.1, 0.15) is 0 Å². The molecule has 23 heavy (non-hydrogen) atoms. The van der Waals surface area contributed by atoms with Gasteiger partial charge in [-0.1, -0.05) is 29.8 Å². The first-order valence-electron chi connectivity index (χ1n) is 7.99. The first-order chi connectivity index (χ1) is 10.5. The lowest BCUT2D eigenvalue weighted by Crippen LogP contribution is -2.45. The minimum absolute atomic E-state index is 0.149. The second-order valence-corrected chi connectivity index (χ2v) is 7.56. The standard InChI is InChI=1S/C12H17Br.C7H11NO2/c1-7-8(2)10(4)12(6-13)11(5)9(7)3;1-7(2)4-3-5(9)8-6(7)10/h6H2,1-5H3;3-4H2,1-2H3,(H,8,9,10). The van der Waals surface area contributed by atoms with Gasteiger partial charge in [-0.2, -0.15) is 0 Å². The van der Waals surface area contributed by atoms with Crippen molar-refractivity contribution in [3.05, 3.63) is 33.4 Å². The summed E-state index contributed by atoms with van der Waals surface area (Å²) in [4.78, 5) is 21.6. The molecule has 128 valence electrons. The van der Waals surface area contributed by atoms with Crippen LogP contribution in [0, 0.1) is 40.0 Å². The quantitative estimate of drug-likeness (QED) is 0.571. The van der Waals surface area contributed by atoms with Gasteiger partial charge in [0, 0.05) is 17.2 Å². The van der Waals surface area contributed by atoms with Gasteiger partial charge < -0.3 is 0 Å². The molecule has 1 aromatic rings. The van der Waals surface area contributed by atoms with Gasteiger partial charge in [0.25, 0.3) is 0 Å². The maximum Gasteiger partial charge on any atom is 0.232 e. The summed E-state index contributed by atoms with van der Waals surface area (Å²) in [7, 11) is 0. The van der Waals surface area contributed by atoms with E-state index in [1.165, 1.54) is 33.4 Å². The number of alkyl halides is 1. The minimum Gasteiger partial charge on any atom is -0.296 e. The van der Waals surface area contributed by atoms with E-state index in [2.05, 4.69) is 55.9 Å². The molecule has 4 heteroatoms. The molecule has 1 N–H and O–H groups in total. The van der Waals surface area contributed by atoms with Crippen LogP contribution in [0.5, 0.6) is 0 Å². The number of halogens is 1. The summed E-state index contributed by atoms with van der Waals surface area (Å²) in [5, 5.41) is 3.26. The first-order valence-corrected chi connectivity index (χ1v) is 9.11. The van der Waals surface area contributed by atoms with E-state index in [-0.39, 0.29) is 17.2 Å². The van der Waals surface area contributed by atoms with Crippen LogP contribution in [0.1, 0.15) is 60.1 Å². The Morgan fingerprint density at radius 1 is 0.913 bits per heavy atom. The Balaban J connectivity index is 0.000000238. The van der Waals surface area contributed by atoms with E-state index < -0.39 is 0 Å². The van der Waals surface area contributed by atoms with Crippen LogP contribution in [-0.2, 0) is 14.9 Å². The molecule has 0 atom stereocenters. The van der Waals surface area contributed by atoms with Crippen molar-refractivity contribution < 1.29 is 9.59 Å². The highest BCUT2D eigenvalue weighted by atomic mass is 79.9. The summed E-state index contributed by atoms with van der Waals surface area (Å²) >= 11 is 3.55. The van der Waals surface area contributed by atoms with Crippen molar-refractivity contribution in [2.75, 3.05) is 0 Å². The van der Waals surface area contributed by atoms with E-state index in [0.29, 0.717) is 12.8 Å². The smallest absolute Gasteiger partial charge is 0.232 e. The molecule has 3 nitrogen and oxygen atoms in total. The molecular formula is C19H28BrNO2. The second-order valence-electron chi connectivity index (χ2n) is 7.00. The summed E-state index contributed by atoms with van der Waals surface area (Å²) in [6, 6.07) is 0. The Morgan fingerprint density at radius 3 is 1.70 bits per heavy atom. The molecule has 0 aliphatic carbocycles. The Kier molecular flexibility index (Phi) is 6.58. The molecule has 2 amide bonds. The highest BCUT2D eigenvalue weighted by molar-refractivity contribution is 9.08. The lowest BCUT2D eigenvalue weighted by atomic mass is 9.84. The zero-order valence-electron chi connectivity index (χ0n) is 15.3. The molecule has 1 fully saturated rings. The summed E-state index contributed by atoms with van der Waals surface area (Å²) in [5.41, 5.74) is 8.32. The lowest BCUT2D eigenvalue weighted by molar-refractivity contribution is -0.140. The normalized spacial score (nSPS) is 16.5. The largest absolute Gasteiger partial charge is 0.296 e. The number of carbonyl (C=O) groups is 2. The molecule has 0 radical (unpaired) electrons. The maximum absolute atomic E-state index is 11.0. The average molecular weight is 382 g/mol. The fourth-order valence-electron chi connectivity index (χ4n) is 2.68. The number of benzene rings is 1. The van der Waals surface area contributed by atoms with Gasteiger partial charge in [-0.25, -0.2) is 0 Å². The lowest BCUT2D eigenvalue weighted by Gasteiger charge is -2.26. The predicted octanol–water partition coefficient (Wildman–Crippen LogP) is 4.57. The van der Waals surface area contributed by atoms with Crippen molar-refractivity contribution in [2.24, 2.45) is 5.41 Å². The highest BCUT2D eigenvalue weighted by Crippen LogP contribution is 2.27. The number of amides is 2. The van der Waals surface area contributed by atoms with Gasteiger partial charge in [-0.3, -0.25) is 14.9 Å². The summed E-state index contributed by atoms with van der Waals surface area (Å²) < 4.78 is 0. The number of nitrogens with one attached hydrogen (secondary N) is 1. The molecule has 1 heterocycles. The molecule has 1 saturated heterocycles. The van der Waals surface area contributed by atoms with Gasteiger partial charge in [-0.15, -0.1) is 0 Å². The van der Waals surface area contributed by atoms with Crippen molar-refractivity contribution in [1.29, 1.82) is 0 Å². The van der Waals surface area contributed by atoms with Crippen LogP contribution >= 0.6 is 15.9 Å². The number of hydrogen-bond donors (Lipinski definition) is 1. The van der Waals surface area contributed by atoms with Crippen LogP contribution in [0.2, 0.25) is 0 Å². The van der Waals surface area contributed by atoms with Crippen LogP contribution in [-0.4, -0.2) is 11.8 Å². The summed E-state index contributed by atoms with van der Waals surface area (Å²) in [6.07, 6.45) is 1.14. The average Bonchev–Trinajstić information content (AvgIpc) is 2.49. The third kappa shape index (κ3) is 4.43. The maximum atomic E-state index is 11.0. The molecule has 0 bridgehead atoms. The van der Waals surface area contributed by atoms with Crippen LogP contribution in [0.15, 0.2) is 0 Å². The first kappa shape index (κ1) is 19.9. The third-order valence-corrected chi connectivity index (χ3v) is 5.69. The Morgan fingerprint density at radius 2 is 1.35 bits per heavy atom. The van der Waals surface area contributed by atoms with Crippen molar-refractivity contribution >= 4 is 27.7 Å². The molecule has 1 aromatic carbocycles. The monoisotopic (exact) mass is 381 g/mol. The van der Waals surface area contributed by atoms with Gasteiger partial charge in [0.05, 0.1) is 0 Å². The number of piperidine rings is 1. The van der Waals surface area contributed by atoms with Crippen LogP contribution in [0.25, 0.3) is 0 Å². The SMILES string of the molecule is CC1(C)CCC(=O)NC1=O.Cc1c(C)c(C)c(CBr)c(C)c1C. The van der Waals surface area contributed by atoms with Crippen molar-refractivity contribution in [3.63, 3.8) is 0 Å². The number of hydrogen-bond acceptors (Lipinski definition) is 2. The molecule has 0 spiro atoms. The second kappa shape index (κ2) is 7.61. The van der Waals surface area contributed by atoms with Crippen molar-refractivity contribution in [1.82, 2.24) is 5.32 Å². The topological polar surface area (TPSA) is 46.2 Å². The number of imide groups is 1. The molecule has 1 aliphatic rings. The fourth-order valence-corrected chi connectivity index (χ4v) is 3.52. The van der Waals surface area contributed by atoms with E-state index in [1.54, 1.807) is 0 Å². The highest BCUT2D eigenvalue weighted by Gasteiger charge is 2.33. The number of carbonyl (C=O) groups excluding carboxylic acids is 2.